The number of carbonyl (C=O) groups excluding carboxylic acids is 1. The maximum absolute atomic E-state index is 12.7. The maximum atomic E-state index is 12.7. The second-order valence-electron chi connectivity index (χ2n) is 5.59. The molecule has 0 unspecified atom stereocenters. The number of amides is 1. The molecule has 0 aromatic carbocycles. The van der Waals surface area contributed by atoms with E-state index in [1.54, 1.807) is 19.1 Å². The van der Waals surface area contributed by atoms with Crippen LogP contribution in [0.5, 0.6) is 5.88 Å². The number of nitrogens with one attached hydrogen (secondary N) is 2. The lowest BCUT2D eigenvalue weighted by Crippen LogP contribution is -2.14. The van der Waals surface area contributed by atoms with Crippen molar-refractivity contribution in [2.45, 2.75) is 20.3 Å². The number of rotatable bonds is 7. The Kier molecular flexibility index (Phi) is 5.85. The minimum absolute atomic E-state index is 0.182. The number of ether oxygens (including phenoxy) is 1. The molecule has 9 nitrogen and oxygen atoms in total. The molecule has 1 amide bonds. The van der Waals surface area contributed by atoms with E-state index in [1.165, 1.54) is 13.3 Å². The number of carboxylic acid groups (broad SMARTS) is 1. The third kappa shape index (κ3) is 4.10. The van der Waals surface area contributed by atoms with Gasteiger partial charge in [0.05, 0.1) is 35.9 Å². The number of aryl methyl sites for hydroxylation is 2. The normalized spacial score (nSPS) is 10.5. The highest BCUT2D eigenvalue weighted by molar-refractivity contribution is 7.18. The molecule has 0 aliphatic carbocycles. The van der Waals surface area contributed by atoms with Crippen molar-refractivity contribution < 1.29 is 19.4 Å². The number of carbonyl (C=O) groups is 2. The van der Waals surface area contributed by atoms with E-state index in [9.17, 15) is 14.7 Å². The number of hydrogen-bond acceptors (Lipinski definition) is 9. The average Bonchev–Trinajstić information content (AvgIpc) is 3.26. The van der Waals surface area contributed by atoms with Crippen LogP contribution in [-0.2, 0) is 6.42 Å². The largest absolute Gasteiger partial charge is 0.481 e. The van der Waals surface area contributed by atoms with Crippen LogP contribution in [0.1, 0.15) is 38.3 Å². The molecule has 11 heteroatoms. The van der Waals surface area contributed by atoms with Crippen molar-refractivity contribution in [2.24, 2.45) is 0 Å². The summed E-state index contributed by atoms with van der Waals surface area (Å²) in [7, 11) is 1.51. The fourth-order valence-electron chi connectivity index (χ4n) is 2.40. The number of hydrogen-bond donors (Lipinski definition) is 3. The lowest BCUT2D eigenvalue weighted by molar-refractivity contribution is 0.0700. The molecule has 0 bridgehead atoms. The predicted octanol–water partition coefficient (Wildman–Crippen LogP) is 3.57. The van der Waals surface area contributed by atoms with Gasteiger partial charge in [0, 0.05) is 6.07 Å². The van der Waals surface area contributed by atoms with Crippen molar-refractivity contribution in [2.75, 3.05) is 17.7 Å². The number of methoxy groups -OCH3 is 1. The van der Waals surface area contributed by atoms with E-state index >= 15 is 0 Å². The Morgan fingerprint density at radius 1 is 1.32 bits per heavy atom. The molecule has 3 aromatic heterocycles. The summed E-state index contributed by atoms with van der Waals surface area (Å²) in [4.78, 5) is 32.6. The molecule has 0 aliphatic heterocycles. The minimum atomic E-state index is -1.02. The van der Waals surface area contributed by atoms with E-state index in [1.807, 2.05) is 6.92 Å². The van der Waals surface area contributed by atoms with E-state index in [-0.39, 0.29) is 10.8 Å². The van der Waals surface area contributed by atoms with Gasteiger partial charge in [-0.05, 0) is 30.9 Å². The van der Waals surface area contributed by atoms with Crippen LogP contribution in [0.2, 0.25) is 0 Å². The number of carboxylic acids is 1. The first-order valence-corrected chi connectivity index (χ1v) is 9.79. The van der Waals surface area contributed by atoms with Gasteiger partial charge >= 0.3 is 5.97 Å². The van der Waals surface area contributed by atoms with Gasteiger partial charge < -0.3 is 20.5 Å². The quantitative estimate of drug-likeness (QED) is 0.530. The van der Waals surface area contributed by atoms with Crippen molar-refractivity contribution >= 4 is 50.6 Å². The average molecular weight is 419 g/mol. The summed E-state index contributed by atoms with van der Waals surface area (Å²) >= 11 is 2.14. The number of thiazole rings is 1. The number of pyridine rings is 1. The van der Waals surface area contributed by atoms with Gasteiger partial charge in [0.25, 0.3) is 5.91 Å². The fourth-order valence-corrected chi connectivity index (χ4v) is 4.16. The first-order chi connectivity index (χ1) is 13.4. The molecular formula is C17H17N5O4S2. The molecule has 0 atom stereocenters. The first kappa shape index (κ1) is 19.7. The van der Waals surface area contributed by atoms with E-state index < -0.39 is 5.97 Å². The molecule has 0 fully saturated rings. The molecule has 3 rings (SSSR count). The van der Waals surface area contributed by atoms with Crippen LogP contribution in [0, 0.1) is 6.92 Å². The molecule has 3 N–H and O–H groups in total. The van der Waals surface area contributed by atoms with Gasteiger partial charge in [-0.2, -0.15) is 4.37 Å². The van der Waals surface area contributed by atoms with Crippen LogP contribution >= 0.6 is 22.9 Å². The van der Waals surface area contributed by atoms with Crippen molar-refractivity contribution in [3.05, 3.63) is 40.2 Å². The zero-order valence-corrected chi connectivity index (χ0v) is 16.9. The van der Waals surface area contributed by atoms with Crippen LogP contribution in [0.3, 0.4) is 0 Å². The predicted molar refractivity (Wildman–Crippen MR) is 107 cm³/mol. The van der Waals surface area contributed by atoms with Gasteiger partial charge in [0.15, 0.2) is 5.13 Å². The molecule has 0 radical (unpaired) electrons. The highest BCUT2D eigenvalue weighted by atomic mass is 32.1. The molecular weight excluding hydrogens is 402 g/mol. The Bertz CT molecular complexity index is 1010. The summed E-state index contributed by atoms with van der Waals surface area (Å²) in [6, 6.07) is 3.32. The van der Waals surface area contributed by atoms with Crippen molar-refractivity contribution in [3.63, 3.8) is 0 Å². The van der Waals surface area contributed by atoms with E-state index in [0.717, 1.165) is 22.9 Å². The topological polar surface area (TPSA) is 126 Å². The van der Waals surface area contributed by atoms with Gasteiger partial charge in [-0.15, -0.1) is 0 Å². The van der Waals surface area contributed by atoms with E-state index in [0.29, 0.717) is 45.1 Å². The van der Waals surface area contributed by atoms with Gasteiger partial charge in [-0.3, -0.25) is 4.79 Å². The van der Waals surface area contributed by atoms with Crippen LogP contribution in [0.15, 0.2) is 18.3 Å². The summed E-state index contributed by atoms with van der Waals surface area (Å²) in [5, 5.41) is 16.0. The SMILES string of the molecule is CCc1nc(Nc2snc(C)c2C(=O)Nc2ccc(OC)nc2)sc1C(=O)O. The number of nitrogens with zero attached hydrogens (tertiary/aromatic N) is 3. The zero-order valence-electron chi connectivity index (χ0n) is 15.3. The second kappa shape index (κ2) is 8.31. The summed E-state index contributed by atoms with van der Waals surface area (Å²) in [5.74, 6) is -0.933. The molecule has 146 valence electrons. The second-order valence-corrected chi connectivity index (χ2v) is 7.37. The Morgan fingerprint density at radius 3 is 2.68 bits per heavy atom. The number of aromatic carboxylic acids is 1. The van der Waals surface area contributed by atoms with Crippen molar-refractivity contribution in [1.82, 2.24) is 14.3 Å². The molecule has 3 heterocycles. The smallest absolute Gasteiger partial charge is 0.347 e. The third-order valence-electron chi connectivity index (χ3n) is 3.74. The van der Waals surface area contributed by atoms with Gasteiger partial charge in [0.1, 0.15) is 9.88 Å². The van der Waals surface area contributed by atoms with Gasteiger partial charge in [-0.25, -0.2) is 14.8 Å². The molecule has 0 spiro atoms. The zero-order chi connectivity index (χ0) is 20.3. The molecule has 0 aliphatic rings. The Morgan fingerprint density at radius 2 is 2.11 bits per heavy atom. The van der Waals surface area contributed by atoms with Crippen LogP contribution in [0.4, 0.5) is 15.8 Å². The van der Waals surface area contributed by atoms with E-state index in [2.05, 4.69) is 25.0 Å². The minimum Gasteiger partial charge on any atom is -0.481 e. The lowest BCUT2D eigenvalue weighted by atomic mass is 10.2. The van der Waals surface area contributed by atoms with Crippen molar-refractivity contribution in [3.8, 4) is 5.88 Å². The van der Waals surface area contributed by atoms with Crippen LogP contribution in [-0.4, -0.2) is 38.4 Å². The van der Waals surface area contributed by atoms with E-state index in [4.69, 9.17) is 4.74 Å². The molecule has 0 saturated carbocycles. The molecule has 0 saturated heterocycles. The Labute approximate surface area is 168 Å². The van der Waals surface area contributed by atoms with Crippen LogP contribution in [0.25, 0.3) is 0 Å². The molecule has 28 heavy (non-hydrogen) atoms. The first-order valence-electron chi connectivity index (χ1n) is 8.20. The maximum Gasteiger partial charge on any atom is 0.347 e. The van der Waals surface area contributed by atoms with Crippen molar-refractivity contribution in [1.29, 1.82) is 0 Å². The monoisotopic (exact) mass is 419 g/mol. The summed E-state index contributed by atoms with van der Waals surface area (Å²) in [5.41, 5.74) is 1.93. The number of aromatic nitrogens is 3. The summed E-state index contributed by atoms with van der Waals surface area (Å²) in [6.07, 6.45) is 1.99. The Balaban J connectivity index is 1.83. The highest BCUT2D eigenvalue weighted by Crippen LogP contribution is 2.32. The summed E-state index contributed by atoms with van der Waals surface area (Å²) < 4.78 is 9.23. The standard InChI is InChI=1S/C17H17N5O4S2/c1-4-10-13(16(24)25)27-17(20-10)21-15-12(8(2)22-28-15)14(23)19-9-5-6-11(26-3)18-7-9/h5-7H,4H2,1-3H3,(H,19,23)(H,20,21)(H,24,25). The molecule has 3 aromatic rings. The lowest BCUT2D eigenvalue weighted by Gasteiger charge is -2.07. The van der Waals surface area contributed by atoms with Crippen LogP contribution < -0.4 is 15.4 Å². The van der Waals surface area contributed by atoms with Gasteiger partial charge in [-0.1, -0.05) is 18.3 Å². The summed E-state index contributed by atoms with van der Waals surface area (Å²) in [6.45, 7) is 3.56. The van der Waals surface area contributed by atoms with Gasteiger partial charge in [0.2, 0.25) is 5.88 Å². The fraction of sp³-hybridized carbons (Fsp3) is 0.235. The number of anilines is 3. The highest BCUT2D eigenvalue weighted by Gasteiger charge is 2.22. The Hall–Kier alpha value is -3.05. The third-order valence-corrected chi connectivity index (χ3v) is 5.60.